The molecule has 6 heteroatoms. The van der Waals surface area contributed by atoms with Crippen molar-refractivity contribution < 1.29 is 9.90 Å². The number of carboxylic acids is 1. The summed E-state index contributed by atoms with van der Waals surface area (Å²) in [7, 11) is 0. The van der Waals surface area contributed by atoms with E-state index in [0.29, 0.717) is 11.2 Å². The quantitative estimate of drug-likeness (QED) is 0.837. The first-order valence-electron chi connectivity index (χ1n) is 4.29. The minimum Gasteiger partial charge on any atom is -0.481 e. The van der Waals surface area contributed by atoms with Gasteiger partial charge in [0, 0.05) is 5.56 Å². The third-order valence-electron chi connectivity index (χ3n) is 1.93. The maximum absolute atomic E-state index is 10.6. The summed E-state index contributed by atoms with van der Waals surface area (Å²) in [5.41, 5.74) is 1.88. The molecule has 0 saturated carbocycles. The predicted molar refractivity (Wildman–Crippen MR) is 54.1 cm³/mol. The van der Waals surface area contributed by atoms with Crippen LogP contribution in [0.3, 0.4) is 0 Å². The van der Waals surface area contributed by atoms with Crippen molar-refractivity contribution in [1.82, 2.24) is 14.6 Å². The third kappa shape index (κ3) is 1.92. The first-order valence-corrected chi connectivity index (χ1v) is 4.67. The Morgan fingerprint density at radius 2 is 2.40 bits per heavy atom. The Morgan fingerprint density at radius 3 is 3.07 bits per heavy atom. The van der Waals surface area contributed by atoms with Crippen LogP contribution in [-0.2, 0) is 11.2 Å². The predicted octanol–water partition coefficient (Wildman–Crippen LogP) is 1.32. The molecule has 5 nitrogen and oxygen atoms in total. The van der Waals surface area contributed by atoms with E-state index < -0.39 is 5.97 Å². The number of carbonyl (C=O) groups is 1. The van der Waals surface area contributed by atoms with E-state index in [9.17, 15) is 4.79 Å². The molecule has 0 aromatic carbocycles. The monoisotopic (exact) mass is 225 g/mol. The van der Waals surface area contributed by atoms with Crippen molar-refractivity contribution in [3.8, 4) is 0 Å². The Morgan fingerprint density at radius 1 is 1.67 bits per heavy atom. The van der Waals surface area contributed by atoms with Crippen LogP contribution in [0.5, 0.6) is 0 Å². The van der Waals surface area contributed by atoms with Crippen LogP contribution >= 0.6 is 11.6 Å². The number of imidazole rings is 1. The summed E-state index contributed by atoms with van der Waals surface area (Å²) in [6.45, 7) is 1.81. The molecule has 0 aliphatic heterocycles. The topological polar surface area (TPSA) is 67.5 Å². The number of aromatic nitrogens is 3. The molecule has 0 saturated heterocycles. The fourth-order valence-electron chi connectivity index (χ4n) is 1.41. The number of hydrogen-bond acceptors (Lipinski definition) is 3. The van der Waals surface area contributed by atoms with Crippen LogP contribution in [0.2, 0.25) is 5.15 Å². The zero-order chi connectivity index (χ0) is 11.0. The van der Waals surface area contributed by atoms with Gasteiger partial charge >= 0.3 is 5.97 Å². The molecular formula is C9H8ClN3O2. The average Bonchev–Trinajstić information content (AvgIpc) is 2.44. The van der Waals surface area contributed by atoms with Gasteiger partial charge in [-0.05, 0) is 13.0 Å². The Hall–Kier alpha value is -1.62. The van der Waals surface area contributed by atoms with E-state index in [4.69, 9.17) is 16.7 Å². The fraction of sp³-hybridized carbons (Fsp3) is 0.222. The molecule has 0 spiro atoms. The largest absolute Gasteiger partial charge is 0.481 e. The van der Waals surface area contributed by atoms with Crippen LogP contribution in [0, 0.1) is 6.92 Å². The Kier molecular flexibility index (Phi) is 2.32. The lowest BCUT2D eigenvalue weighted by molar-refractivity contribution is -0.136. The number of halogens is 1. The zero-order valence-corrected chi connectivity index (χ0v) is 8.69. The molecule has 0 aliphatic carbocycles. The highest BCUT2D eigenvalue weighted by Gasteiger charge is 2.10. The van der Waals surface area contributed by atoms with Gasteiger partial charge in [0.2, 0.25) is 0 Å². The molecule has 78 valence electrons. The van der Waals surface area contributed by atoms with Crippen LogP contribution in [0.15, 0.2) is 12.3 Å². The van der Waals surface area contributed by atoms with Gasteiger partial charge in [-0.2, -0.15) is 5.10 Å². The molecule has 0 fully saturated rings. The van der Waals surface area contributed by atoms with Crippen molar-refractivity contribution in [2.24, 2.45) is 0 Å². The fourth-order valence-corrected chi connectivity index (χ4v) is 1.63. The number of carboxylic acid groups (broad SMARTS) is 1. The van der Waals surface area contributed by atoms with Crippen LogP contribution in [0.1, 0.15) is 11.3 Å². The number of fused-ring (bicyclic) bond motifs is 1. The van der Waals surface area contributed by atoms with Gasteiger partial charge in [0.15, 0.2) is 5.65 Å². The molecule has 0 radical (unpaired) electrons. The summed E-state index contributed by atoms with van der Waals surface area (Å²) >= 11 is 5.76. The van der Waals surface area contributed by atoms with Crippen LogP contribution in [0.4, 0.5) is 0 Å². The summed E-state index contributed by atoms with van der Waals surface area (Å²) in [4.78, 5) is 14.8. The van der Waals surface area contributed by atoms with E-state index in [-0.39, 0.29) is 11.6 Å². The number of aryl methyl sites for hydroxylation is 1. The standard InChI is InChI=1S/C9H8ClN3O2/c1-5-4-13-9(11-5)6(3-8(14)15)2-7(10)12-13/h2,4H,3H2,1H3,(H,14,15). The Labute approximate surface area is 90.3 Å². The molecule has 0 aliphatic rings. The van der Waals surface area contributed by atoms with Crippen LogP contribution < -0.4 is 0 Å². The van der Waals surface area contributed by atoms with Crippen molar-refractivity contribution in [2.75, 3.05) is 0 Å². The second kappa shape index (κ2) is 3.51. The molecule has 2 heterocycles. The summed E-state index contributed by atoms with van der Waals surface area (Å²) in [5, 5.41) is 13.0. The minimum atomic E-state index is -0.917. The number of hydrogen-bond donors (Lipinski definition) is 1. The van der Waals surface area contributed by atoms with E-state index in [1.807, 2.05) is 6.92 Å². The Balaban J connectivity index is 2.64. The highest BCUT2D eigenvalue weighted by atomic mass is 35.5. The summed E-state index contributed by atoms with van der Waals surface area (Å²) in [6.07, 6.45) is 1.59. The molecule has 2 aromatic rings. The van der Waals surface area contributed by atoms with E-state index in [2.05, 4.69) is 10.1 Å². The molecule has 1 N–H and O–H groups in total. The van der Waals surface area contributed by atoms with Gasteiger partial charge in [-0.25, -0.2) is 9.50 Å². The summed E-state index contributed by atoms with van der Waals surface area (Å²) < 4.78 is 1.50. The van der Waals surface area contributed by atoms with E-state index in [1.165, 1.54) is 10.6 Å². The normalized spacial score (nSPS) is 10.8. The Bertz CT molecular complexity index is 535. The second-order valence-electron chi connectivity index (χ2n) is 3.21. The zero-order valence-electron chi connectivity index (χ0n) is 7.94. The van der Waals surface area contributed by atoms with E-state index in [0.717, 1.165) is 5.69 Å². The second-order valence-corrected chi connectivity index (χ2v) is 3.60. The van der Waals surface area contributed by atoms with Gasteiger partial charge in [0.05, 0.1) is 18.3 Å². The van der Waals surface area contributed by atoms with E-state index >= 15 is 0 Å². The van der Waals surface area contributed by atoms with Gasteiger partial charge in [0.25, 0.3) is 0 Å². The lowest BCUT2D eigenvalue weighted by Crippen LogP contribution is -2.04. The van der Waals surface area contributed by atoms with Crippen LogP contribution in [0.25, 0.3) is 5.65 Å². The molecule has 0 bridgehead atoms. The molecule has 0 unspecified atom stereocenters. The molecule has 0 amide bonds. The maximum Gasteiger partial charge on any atom is 0.307 e. The highest BCUT2D eigenvalue weighted by molar-refractivity contribution is 6.29. The van der Waals surface area contributed by atoms with Gasteiger partial charge in [-0.1, -0.05) is 11.6 Å². The minimum absolute atomic E-state index is 0.109. The van der Waals surface area contributed by atoms with Crippen molar-refractivity contribution in [2.45, 2.75) is 13.3 Å². The summed E-state index contributed by atoms with van der Waals surface area (Å²) in [6, 6.07) is 1.53. The third-order valence-corrected chi connectivity index (χ3v) is 2.12. The SMILES string of the molecule is Cc1cn2nc(Cl)cc(CC(=O)O)c2n1. The van der Waals surface area contributed by atoms with Crippen molar-refractivity contribution in [3.05, 3.63) is 28.7 Å². The van der Waals surface area contributed by atoms with Crippen molar-refractivity contribution >= 4 is 23.2 Å². The highest BCUT2D eigenvalue weighted by Crippen LogP contribution is 2.15. The summed E-state index contributed by atoms with van der Waals surface area (Å²) in [5.74, 6) is -0.917. The van der Waals surface area contributed by atoms with Gasteiger partial charge in [0.1, 0.15) is 5.15 Å². The van der Waals surface area contributed by atoms with Crippen molar-refractivity contribution in [1.29, 1.82) is 0 Å². The van der Waals surface area contributed by atoms with Gasteiger partial charge in [-0.3, -0.25) is 4.79 Å². The first kappa shape index (κ1) is 9.92. The van der Waals surface area contributed by atoms with E-state index in [1.54, 1.807) is 6.20 Å². The molecular weight excluding hydrogens is 218 g/mol. The number of nitrogens with zero attached hydrogens (tertiary/aromatic N) is 3. The molecule has 2 rings (SSSR count). The average molecular weight is 226 g/mol. The number of aliphatic carboxylic acids is 1. The lowest BCUT2D eigenvalue weighted by atomic mass is 10.2. The first-order chi connectivity index (χ1) is 7.06. The molecule has 15 heavy (non-hydrogen) atoms. The number of rotatable bonds is 2. The molecule has 0 atom stereocenters. The van der Waals surface area contributed by atoms with Gasteiger partial charge in [-0.15, -0.1) is 0 Å². The smallest absolute Gasteiger partial charge is 0.307 e. The van der Waals surface area contributed by atoms with Crippen molar-refractivity contribution in [3.63, 3.8) is 0 Å². The molecule has 2 aromatic heterocycles. The van der Waals surface area contributed by atoms with Gasteiger partial charge < -0.3 is 5.11 Å². The maximum atomic E-state index is 10.6. The van der Waals surface area contributed by atoms with Crippen LogP contribution in [-0.4, -0.2) is 25.7 Å². The lowest BCUT2D eigenvalue weighted by Gasteiger charge is -2.00.